The van der Waals surface area contributed by atoms with E-state index in [-0.39, 0.29) is 24.5 Å². The van der Waals surface area contributed by atoms with E-state index >= 15 is 0 Å². The molecule has 0 unspecified atom stereocenters. The lowest BCUT2D eigenvalue weighted by atomic mass is 9.77. The fourth-order valence-electron chi connectivity index (χ4n) is 5.06. The Hall–Kier alpha value is -3.23. The summed E-state index contributed by atoms with van der Waals surface area (Å²) in [5.74, 6) is 0.663. The van der Waals surface area contributed by atoms with Crippen molar-refractivity contribution in [2.75, 3.05) is 18.1 Å². The van der Waals surface area contributed by atoms with Crippen LogP contribution in [0.5, 0.6) is 5.88 Å². The zero-order valence-electron chi connectivity index (χ0n) is 17.8. The van der Waals surface area contributed by atoms with Gasteiger partial charge in [-0.3, -0.25) is 4.79 Å². The van der Waals surface area contributed by atoms with Gasteiger partial charge < -0.3 is 15.0 Å². The van der Waals surface area contributed by atoms with Gasteiger partial charge in [0, 0.05) is 18.3 Å². The molecule has 1 N–H and O–H groups in total. The Morgan fingerprint density at radius 2 is 2.19 bits per heavy atom. The van der Waals surface area contributed by atoms with E-state index in [0.717, 1.165) is 25.2 Å². The first kappa shape index (κ1) is 19.7. The lowest BCUT2D eigenvalue weighted by Gasteiger charge is -2.42. The normalized spacial score (nSPS) is 25.8. The quantitative estimate of drug-likeness (QED) is 0.647. The predicted octanol–water partition coefficient (Wildman–Crippen LogP) is 2.93. The monoisotopic (exact) mass is 424 g/mol. The minimum absolute atomic E-state index is 0.209. The molecular weight excluding hydrogens is 399 g/mol. The van der Waals surface area contributed by atoms with Crippen LogP contribution in [0.4, 0.5) is 10.2 Å². The molecule has 2 aliphatic heterocycles. The zero-order chi connectivity index (χ0) is 21.8. The number of anilines is 1. The summed E-state index contributed by atoms with van der Waals surface area (Å²) in [5, 5.41) is 7.20. The molecule has 1 saturated heterocycles. The smallest absolute Gasteiger partial charge is 0.257 e. The van der Waals surface area contributed by atoms with Crippen molar-refractivity contribution in [1.29, 1.82) is 0 Å². The van der Waals surface area contributed by atoms with Gasteiger partial charge in [-0.2, -0.15) is 5.10 Å². The van der Waals surface area contributed by atoms with E-state index in [1.54, 1.807) is 4.52 Å². The fourth-order valence-corrected chi connectivity index (χ4v) is 5.06. The van der Waals surface area contributed by atoms with Gasteiger partial charge in [-0.25, -0.2) is 18.9 Å². The van der Waals surface area contributed by atoms with Crippen LogP contribution in [-0.4, -0.2) is 44.7 Å². The molecule has 162 valence electrons. The third kappa shape index (κ3) is 2.94. The Balaban J connectivity index is 1.78. The Kier molecular flexibility index (Phi) is 4.56. The molecule has 2 aliphatic rings. The van der Waals surface area contributed by atoms with Crippen LogP contribution < -0.4 is 15.0 Å². The number of fused-ring (bicyclic) bond motifs is 5. The second-order valence-corrected chi connectivity index (χ2v) is 8.42. The van der Waals surface area contributed by atoms with Gasteiger partial charge in [0.1, 0.15) is 23.8 Å². The van der Waals surface area contributed by atoms with Crippen LogP contribution >= 0.6 is 0 Å². The highest BCUT2D eigenvalue weighted by Gasteiger charge is 2.49. The maximum atomic E-state index is 14.4. The summed E-state index contributed by atoms with van der Waals surface area (Å²) < 4.78 is 22.1. The van der Waals surface area contributed by atoms with Gasteiger partial charge >= 0.3 is 0 Å². The highest BCUT2D eigenvalue weighted by atomic mass is 19.1. The Morgan fingerprint density at radius 1 is 1.35 bits per heavy atom. The van der Waals surface area contributed by atoms with Crippen LogP contribution in [0.1, 0.15) is 49.5 Å². The van der Waals surface area contributed by atoms with Crippen molar-refractivity contribution in [2.24, 2.45) is 5.92 Å². The number of aromatic nitrogens is 4. The number of pyridine rings is 1. The second-order valence-electron chi connectivity index (χ2n) is 8.42. The number of rotatable bonds is 1. The van der Waals surface area contributed by atoms with Crippen molar-refractivity contribution in [3.63, 3.8) is 0 Å². The molecule has 31 heavy (non-hydrogen) atoms. The average molecular weight is 424 g/mol. The molecule has 0 saturated carbocycles. The summed E-state index contributed by atoms with van der Waals surface area (Å²) >= 11 is 0. The number of carbonyl (C=O) groups excluding carboxylic acids is 1. The summed E-state index contributed by atoms with van der Waals surface area (Å²) in [6.45, 7) is 7.08. The van der Waals surface area contributed by atoms with Gasteiger partial charge in [-0.15, -0.1) is 0 Å². The van der Waals surface area contributed by atoms with Crippen molar-refractivity contribution < 1.29 is 13.9 Å². The first-order valence-corrected chi connectivity index (χ1v) is 10.7. The van der Waals surface area contributed by atoms with Gasteiger partial charge in [-0.1, -0.05) is 13.8 Å². The van der Waals surface area contributed by atoms with Crippen molar-refractivity contribution >= 4 is 17.4 Å². The van der Waals surface area contributed by atoms with Crippen molar-refractivity contribution in [3.05, 3.63) is 47.7 Å². The number of amides is 1. The maximum absolute atomic E-state index is 14.4. The topological polar surface area (TPSA) is 84.6 Å². The predicted molar refractivity (Wildman–Crippen MR) is 113 cm³/mol. The fraction of sp³-hybridized carbons (Fsp3) is 0.455. The highest BCUT2D eigenvalue weighted by molar-refractivity contribution is 5.99. The van der Waals surface area contributed by atoms with Crippen molar-refractivity contribution in [2.45, 2.75) is 45.2 Å². The molecule has 0 spiro atoms. The number of halogens is 1. The molecule has 0 aromatic carbocycles. The van der Waals surface area contributed by atoms with Crippen LogP contribution in [-0.2, 0) is 5.54 Å². The first-order chi connectivity index (χ1) is 14.9. The zero-order valence-corrected chi connectivity index (χ0v) is 17.8. The van der Waals surface area contributed by atoms with Crippen LogP contribution in [0.15, 0.2) is 30.7 Å². The third-order valence-electron chi connectivity index (χ3n) is 6.63. The lowest BCUT2D eigenvalue weighted by Crippen LogP contribution is -2.45. The van der Waals surface area contributed by atoms with Crippen LogP contribution in [0, 0.1) is 11.7 Å². The molecule has 5 heterocycles. The van der Waals surface area contributed by atoms with E-state index in [2.05, 4.69) is 34.1 Å². The molecule has 8 nitrogen and oxygen atoms in total. The average Bonchev–Trinajstić information content (AvgIpc) is 3.33. The number of hydrogen-bond donors (Lipinski definition) is 1. The largest absolute Gasteiger partial charge is 0.475 e. The summed E-state index contributed by atoms with van der Waals surface area (Å²) in [5.41, 5.74) is 1.08. The van der Waals surface area contributed by atoms with Gasteiger partial charge in [0.25, 0.3) is 5.91 Å². The third-order valence-corrected chi connectivity index (χ3v) is 6.63. The molecule has 5 rings (SSSR count). The minimum atomic E-state index is -0.537. The van der Waals surface area contributed by atoms with Gasteiger partial charge in [0.2, 0.25) is 5.88 Å². The molecule has 1 fully saturated rings. The Bertz CT molecular complexity index is 1160. The van der Waals surface area contributed by atoms with Crippen LogP contribution in [0.25, 0.3) is 5.65 Å². The van der Waals surface area contributed by atoms with E-state index in [1.807, 2.05) is 19.2 Å². The van der Waals surface area contributed by atoms with Gasteiger partial charge in [-0.05, 0) is 37.8 Å². The number of nitrogens with one attached hydrogen (secondary N) is 1. The number of hydrogen-bond acceptors (Lipinski definition) is 6. The Labute approximate surface area is 179 Å². The SMILES string of the molecule is CC[C@@]12c3cc(F)cnc3OC[C@@H](C)NC(=O)c3cnn4ccc(nc34)N1CC[C@H]2C. The van der Waals surface area contributed by atoms with E-state index in [1.165, 1.54) is 18.5 Å². The molecule has 0 radical (unpaired) electrons. The summed E-state index contributed by atoms with van der Waals surface area (Å²) in [7, 11) is 0. The van der Waals surface area contributed by atoms with E-state index < -0.39 is 11.4 Å². The lowest BCUT2D eigenvalue weighted by molar-refractivity contribution is 0.0927. The Morgan fingerprint density at radius 3 is 3.00 bits per heavy atom. The molecule has 0 aliphatic carbocycles. The molecule has 1 amide bonds. The maximum Gasteiger partial charge on any atom is 0.257 e. The van der Waals surface area contributed by atoms with Crippen molar-refractivity contribution in [1.82, 2.24) is 24.9 Å². The standard InChI is InChI=1S/C22H25FN6O2/c1-4-22-13(2)5-7-28(22)18-6-8-29-19(27-18)16(11-25-29)20(30)26-14(3)12-31-21-17(22)9-15(23)10-24-21/h6,8-11,13-14H,4-5,7,12H2,1-3H3,(H,26,30)/t13-,14-,22-/m1/s1. The number of carbonyl (C=O) groups is 1. The van der Waals surface area contributed by atoms with E-state index in [4.69, 9.17) is 9.72 Å². The first-order valence-electron chi connectivity index (χ1n) is 10.7. The molecule has 3 atom stereocenters. The summed E-state index contributed by atoms with van der Waals surface area (Å²) in [6.07, 6.45) is 6.15. The van der Waals surface area contributed by atoms with Gasteiger partial charge in [0.15, 0.2) is 5.65 Å². The van der Waals surface area contributed by atoms with E-state index in [9.17, 15) is 9.18 Å². The molecule has 9 heteroatoms. The number of ether oxygens (including phenoxy) is 1. The van der Waals surface area contributed by atoms with Gasteiger partial charge in [0.05, 0.1) is 24.0 Å². The van der Waals surface area contributed by atoms with Crippen LogP contribution in [0.3, 0.4) is 0 Å². The molecule has 2 bridgehead atoms. The van der Waals surface area contributed by atoms with Crippen molar-refractivity contribution in [3.8, 4) is 5.88 Å². The summed E-state index contributed by atoms with van der Waals surface area (Å²) in [6, 6.07) is 3.13. The highest BCUT2D eigenvalue weighted by Crippen LogP contribution is 2.50. The molecular formula is C22H25FN6O2. The minimum Gasteiger partial charge on any atom is -0.475 e. The second kappa shape index (κ2) is 7.18. The molecule has 3 aromatic rings. The molecule has 3 aromatic heterocycles. The summed E-state index contributed by atoms with van der Waals surface area (Å²) in [4.78, 5) is 24.2. The van der Waals surface area contributed by atoms with E-state index in [0.29, 0.717) is 22.7 Å². The van der Waals surface area contributed by atoms with Crippen LogP contribution in [0.2, 0.25) is 0 Å². The number of nitrogens with zero attached hydrogens (tertiary/aromatic N) is 5.